The van der Waals surface area contributed by atoms with E-state index in [-0.39, 0.29) is 11.9 Å². The second-order valence-electron chi connectivity index (χ2n) is 6.64. The Morgan fingerprint density at radius 3 is 2.58 bits per heavy atom. The van der Waals surface area contributed by atoms with Crippen LogP contribution >= 0.6 is 11.3 Å². The summed E-state index contributed by atoms with van der Waals surface area (Å²) in [6.07, 6.45) is 6.02. The van der Waals surface area contributed by atoms with Crippen LogP contribution in [-0.2, 0) is 4.79 Å². The quantitative estimate of drug-likeness (QED) is 0.827. The first-order valence-corrected chi connectivity index (χ1v) is 9.73. The predicted molar refractivity (Wildman–Crippen MR) is 100 cm³/mol. The van der Waals surface area contributed by atoms with Crippen molar-refractivity contribution in [3.63, 3.8) is 0 Å². The third-order valence-corrected chi connectivity index (χ3v) is 5.61. The van der Waals surface area contributed by atoms with Gasteiger partial charge < -0.3 is 5.32 Å². The SMILES string of the molecule is Cc1ccc([C@@H](NCC(=O)NC2CCCCC2)c2cccs2)cc1. The monoisotopic (exact) mass is 342 g/mol. The Bertz CT molecular complexity index is 630. The molecule has 1 amide bonds. The van der Waals surface area contributed by atoms with Gasteiger partial charge in [-0.25, -0.2) is 0 Å². The summed E-state index contributed by atoms with van der Waals surface area (Å²) < 4.78 is 0. The minimum atomic E-state index is 0.0719. The normalized spacial score (nSPS) is 16.7. The molecule has 1 aliphatic rings. The second-order valence-corrected chi connectivity index (χ2v) is 7.62. The van der Waals surface area contributed by atoms with Crippen LogP contribution in [0.3, 0.4) is 0 Å². The number of nitrogens with one attached hydrogen (secondary N) is 2. The third kappa shape index (κ3) is 4.68. The van der Waals surface area contributed by atoms with Gasteiger partial charge in [0.25, 0.3) is 0 Å². The van der Waals surface area contributed by atoms with Crippen molar-refractivity contribution in [1.82, 2.24) is 10.6 Å². The van der Waals surface area contributed by atoms with E-state index in [1.165, 1.54) is 35.3 Å². The third-order valence-electron chi connectivity index (χ3n) is 4.68. The van der Waals surface area contributed by atoms with Gasteiger partial charge in [0.1, 0.15) is 0 Å². The highest BCUT2D eigenvalue weighted by molar-refractivity contribution is 7.10. The molecule has 128 valence electrons. The molecule has 1 atom stereocenters. The summed E-state index contributed by atoms with van der Waals surface area (Å²) in [6.45, 7) is 2.45. The summed E-state index contributed by atoms with van der Waals surface area (Å²) in [5.74, 6) is 0.107. The molecule has 0 spiro atoms. The molecule has 3 nitrogen and oxygen atoms in total. The molecule has 1 fully saturated rings. The van der Waals surface area contributed by atoms with E-state index in [2.05, 4.69) is 59.3 Å². The molecule has 1 heterocycles. The maximum Gasteiger partial charge on any atom is 0.234 e. The van der Waals surface area contributed by atoms with Crippen LogP contribution in [0.25, 0.3) is 0 Å². The Labute approximate surface area is 148 Å². The van der Waals surface area contributed by atoms with Gasteiger partial charge in [-0.15, -0.1) is 11.3 Å². The molecule has 2 aromatic rings. The highest BCUT2D eigenvalue weighted by atomic mass is 32.1. The topological polar surface area (TPSA) is 41.1 Å². The fourth-order valence-electron chi connectivity index (χ4n) is 3.32. The second kappa shape index (κ2) is 8.45. The lowest BCUT2D eigenvalue weighted by Gasteiger charge is -2.24. The molecule has 3 rings (SSSR count). The van der Waals surface area contributed by atoms with Crippen molar-refractivity contribution >= 4 is 17.2 Å². The maximum absolute atomic E-state index is 12.3. The van der Waals surface area contributed by atoms with Crippen molar-refractivity contribution in [2.45, 2.75) is 51.1 Å². The first-order chi connectivity index (χ1) is 11.7. The zero-order chi connectivity index (χ0) is 16.8. The summed E-state index contributed by atoms with van der Waals surface area (Å²) in [7, 11) is 0. The van der Waals surface area contributed by atoms with Crippen molar-refractivity contribution in [1.29, 1.82) is 0 Å². The van der Waals surface area contributed by atoms with Crippen LogP contribution in [0.1, 0.15) is 54.1 Å². The summed E-state index contributed by atoms with van der Waals surface area (Å²) in [4.78, 5) is 13.5. The molecular weight excluding hydrogens is 316 g/mol. The van der Waals surface area contributed by atoms with Gasteiger partial charge in [-0.1, -0.05) is 55.2 Å². The number of hydrogen-bond donors (Lipinski definition) is 2. The molecule has 2 N–H and O–H groups in total. The van der Waals surface area contributed by atoms with E-state index in [9.17, 15) is 4.79 Å². The van der Waals surface area contributed by atoms with E-state index in [0.29, 0.717) is 12.6 Å². The fraction of sp³-hybridized carbons (Fsp3) is 0.450. The van der Waals surface area contributed by atoms with Crippen LogP contribution in [0.4, 0.5) is 0 Å². The van der Waals surface area contributed by atoms with Gasteiger partial charge >= 0.3 is 0 Å². The van der Waals surface area contributed by atoms with Gasteiger partial charge in [0.2, 0.25) is 5.91 Å². The standard InChI is InChI=1S/C20H26N2OS/c1-15-9-11-16(12-10-15)20(18-8-5-13-24-18)21-14-19(23)22-17-6-3-2-4-7-17/h5,8-13,17,20-21H,2-4,6-7,14H2,1H3,(H,22,23)/t20-/m1/s1. The van der Waals surface area contributed by atoms with E-state index in [0.717, 1.165) is 12.8 Å². The Morgan fingerprint density at radius 1 is 1.17 bits per heavy atom. The summed E-state index contributed by atoms with van der Waals surface area (Å²) >= 11 is 1.72. The lowest BCUT2D eigenvalue weighted by Crippen LogP contribution is -2.42. The number of carbonyl (C=O) groups is 1. The smallest absolute Gasteiger partial charge is 0.234 e. The lowest BCUT2D eigenvalue weighted by atomic mass is 9.95. The van der Waals surface area contributed by atoms with Crippen molar-refractivity contribution in [3.8, 4) is 0 Å². The van der Waals surface area contributed by atoms with Crippen LogP contribution in [-0.4, -0.2) is 18.5 Å². The van der Waals surface area contributed by atoms with Gasteiger partial charge in [-0.05, 0) is 36.8 Å². The molecule has 0 saturated heterocycles. The van der Waals surface area contributed by atoms with E-state index in [1.807, 2.05) is 0 Å². The number of thiophene rings is 1. The molecule has 0 radical (unpaired) electrons. The average Bonchev–Trinajstić information content (AvgIpc) is 3.12. The largest absolute Gasteiger partial charge is 0.352 e. The highest BCUT2D eigenvalue weighted by Gasteiger charge is 2.18. The van der Waals surface area contributed by atoms with E-state index in [1.54, 1.807) is 11.3 Å². The summed E-state index contributed by atoms with van der Waals surface area (Å²) in [5, 5.41) is 8.71. The molecular formula is C20H26N2OS. The van der Waals surface area contributed by atoms with Crippen LogP contribution in [0.2, 0.25) is 0 Å². The molecule has 0 unspecified atom stereocenters. The summed E-state index contributed by atoms with van der Waals surface area (Å²) in [5.41, 5.74) is 2.45. The van der Waals surface area contributed by atoms with E-state index < -0.39 is 0 Å². The van der Waals surface area contributed by atoms with Crippen molar-refractivity contribution < 1.29 is 4.79 Å². The number of hydrogen-bond acceptors (Lipinski definition) is 3. The molecule has 4 heteroatoms. The van der Waals surface area contributed by atoms with Crippen LogP contribution in [0.15, 0.2) is 41.8 Å². The molecule has 1 aliphatic carbocycles. The van der Waals surface area contributed by atoms with Crippen LogP contribution in [0, 0.1) is 6.92 Å². The van der Waals surface area contributed by atoms with Gasteiger partial charge in [-0.3, -0.25) is 10.1 Å². The molecule has 0 bridgehead atoms. The number of carbonyl (C=O) groups excluding carboxylic acids is 1. The first-order valence-electron chi connectivity index (χ1n) is 8.85. The average molecular weight is 343 g/mol. The van der Waals surface area contributed by atoms with Gasteiger partial charge in [-0.2, -0.15) is 0 Å². The lowest BCUT2D eigenvalue weighted by molar-refractivity contribution is -0.121. The zero-order valence-electron chi connectivity index (χ0n) is 14.3. The molecule has 24 heavy (non-hydrogen) atoms. The predicted octanol–water partition coefficient (Wildman–Crippen LogP) is 4.18. The van der Waals surface area contributed by atoms with E-state index in [4.69, 9.17) is 0 Å². The van der Waals surface area contributed by atoms with Crippen molar-refractivity contribution in [3.05, 3.63) is 57.8 Å². The highest BCUT2D eigenvalue weighted by Crippen LogP contribution is 2.26. The number of rotatable bonds is 6. The van der Waals surface area contributed by atoms with E-state index >= 15 is 0 Å². The number of amides is 1. The van der Waals surface area contributed by atoms with Crippen molar-refractivity contribution in [2.75, 3.05) is 6.54 Å². The molecule has 1 aromatic heterocycles. The Hall–Kier alpha value is -1.65. The number of benzene rings is 1. The van der Waals surface area contributed by atoms with Crippen LogP contribution in [0.5, 0.6) is 0 Å². The maximum atomic E-state index is 12.3. The first kappa shape index (κ1) is 17.2. The summed E-state index contributed by atoms with van der Waals surface area (Å²) in [6, 6.07) is 13.2. The zero-order valence-corrected chi connectivity index (χ0v) is 15.1. The van der Waals surface area contributed by atoms with Gasteiger partial charge in [0.05, 0.1) is 12.6 Å². The van der Waals surface area contributed by atoms with Gasteiger partial charge in [0, 0.05) is 10.9 Å². The van der Waals surface area contributed by atoms with Crippen molar-refractivity contribution in [2.24, 2.45) is 0 Å². The molecule has 1 saturated carbocycles. The van der Waals surface area contributed by atoms with Crippen LogP contribution < -0.4 is 10.6 Å². The fourth-order valence-corrected chi connectivity index (χ4v) is 4.14. The van der Waals surface area contributed by atoms with Gasteiger partial charge in [0.15, 0.2) is 0 Å². The number of aryl methyl sites for hydroxylation is 1. The Kier molecular flexibility index (Phi) is 6.05. The molecule has 0 aliphatic heterocycles. The molecule has 1 aromatic carbocycles. The Balaban J connectivity index is 1.62. The minimum Gasteiger partial charge on any atom is -0.352 e. The minimum absolute atomic E-state index is 0.0719. The Morgan fingerprint density at radius 2 is 1.92 bits per heavy atom.